The molecule has 0 spiro atoms. The molecule has 0 unspecified atom stereocenters. The maximum Gasteiger partial charge on any atom is 0.305 e. The molecule has 0 aliphatic carbocycles. The molecule has 9 heteroatoms. The quantitative estimate of drug-likeness (QED) is 0.766. The lowest BCUT2D eigenvalue weighted by atomic mass is 10.2. The molecule has 0 aliphatic heterocycles. The third kappa shape index (κ3) is 3.58. The molecule has 0 aliphatic rings. The summed E-state index contributed by atoms with van der Waals surface area (Å²) in [5, 5.41) is 8.21. The third-order valence-electron chi connectivity index (χ3n) is 2.67. The Hall–Kier alpha value is -1.87. The Kier molecular flexibility index (Phi) is 4.90. The summed E-state index contributed by atoms with van der Waals surface area (Å²) in [5.41, 5.74) is 0.0895. The maximum atomic E-state index is 12.1. The van der Waals surface area contributed by atoms with Gasteiger partial charge < -0.3 is 14.4 Å². The van der Waals surface area contributed by atoms with Gasteiger partial charge in [0.1, 0.15) is 5.76 Å². The number of nitrogens with one attached hydrogen (secondary N) is 1. The Morgan fingerprint density at radius 2 is 2.05 bits per heavy atom. The van der Waals surface area contributed by atoms with E-state index in [2.05, 4.69) is 4.72 Å². The van der Waals surface area contributed by atoms with E-state index in [1.807, 2.05) is 0 Å². The van der Waals surface area contributed by atoms with Crippen molar-refractivity contribution in [2.75, 3.05) is 20.6 Å². The van der Waals surface area contributed by atoms with Gasteiger partial charge in [-0.05, 0) is 14.0 Å². The van der Waals surface area contributed by atoms with Gasteiger partial charge in [-0.1, -0.05) is 0 Å². The minimum Gasteiger partial charge on any atom is -0.481 e. The zero-order valence-corrected chi connectivity index (χ0v) is 12.2. The van der Waals surface area contributed by atoms with Crippen LogP contribution in [-0.4, -0.2) is 50.9 Å². The highest BCUT2D eigenvalue weighted by atomic mass is 32.2. The largest absolute Gasteiger partial charge is 0.481 e. The van der Waals surface area contributed by atoms with Crippen LogP contribution >= 0.6 is 0 Å². The summed E-state index contributed by atoms with van der Waals surface area (Å²) < 4.78 is 30.3. The molecule has 1 amide bonds. The second-order valence-electron chi connectivity index (χ2n) is 4.11. The minimum atomic E-state index is -3.77. The lowest BCUT2D eigenvalue weighted by Crippen LogP contribution is -2.29. The fourth-order valence-corrected chi connectivity index (χ4v) is 2.18. The van der Waals surface area contributed by atoms with Crippen LogP contribution in [0.1, 0.15) is 22.5 Å². The third-order valence-corrected chi connectivity index (χ3v) is 3.94. The van der Waals surface area contributed by atoms with Gasteiger partial charge in [0.05, 0.1) is 12.0 Å². The van der Waals surface area contributed by atoms with Gasteiger partial charge >= 0.3 is 5.97 Å². The smallest absolute Gasteiger partial charge is 0.305 e. The van der Waals surface area contributed by atoms with E-state index < -0.39 is 21.9 Å². The maximum absolute atomic E-state index is 12.1. The molecule has 0 atom stereocenters. The molecule has 0 fully saturated rings. The van der Waals surface area contributed by atoms with Crippen molar-refractivity contribution in [3.05, 3.63) is 17.4 Å². The molecule has 112 valence electrons. The van der Waals surface area contributed by atoms with Crippen molar-refractivity contribution in [1.82, 2.24) is 9.62 Å². The number of aryl methyl sites for hydroxylation is 1. The Balaban J connectivity index is 2.97. The van der Waals surface area contributed by atoms with E-state index in [1.165, 1.54) is 25.9 Å². The van der Waals surface area contributed by atoms with Gasteiger partial charge in [-0.25, -0.2) is 13.1 Å². The van der Waals surface area contributed by atoms with Gasteiger partial charge in [-0.15, -0.1) is 0 Å². The van der Waals surface area contributed by atoms with E-state index >= 15 is 0 Å². The summed E-state index contributed by atoms with van der Waals surface area (Å²) in [7, 11) is -1.10. The first-order chi connectivity index (χ1) is 9.19. The molecular weight excluding hydrogens is 288 g/mol. The number of aliphatic carboxylic acids is 1. The van der Waals surface area contributed by atoms with Crippen LogP contribution in [-0.2, 0) is 14.8 Å². The van der Waals surface area contributed by atoms with Crippen molar-refractivity contribution in [2.45, 2.75) is 18.4 Å². The standard InChI is InChI=1S/C11H16N2O6S/c1-7-8(6-10(19-7)20(17,18)12-2)11(16)13(3)5-4-9(14)15/h6,12H,4-5H2,1-3H3,(H,14,15). The first-order valence-corrected chi connectivity index (χ1v) is 7.18. The second kappa shape index (κ2) is 6.06. The summed E-state index contributed by atoms with van der Waals surface area (Å²) in [6, 6.07) is 1.13. The van der Waals surface area contributed by atoms with Crippen LogP contribution in [0.2, 0.25) is 0 Å². The molecule has 0 radical (unpaired) electrons. The van der Waals surface area contributed by atoms with Crippen LogP contribution < -0.4 is 4.72 Å². The van der Waals surface area contributed by atoms with Gasteiger partial charge in [-0.3, -0.25) is 9.59 Å². The number of carbonyl (C=O) groups is 2. The SMILES string of the molecule is CNS(=O)(=O)c1cc(C(=O)N(C)CCC(=O)O)c(C)o1. The Morgan fingerprint density at radius 1 is 1.45 bits per heavy atom. The first kappa shape index (κ1) is 16.2. The number of furan rings is 1. The molecule has 0 aromatic carbocycles. The number of amides is 1. The minimum absolute atomic E-state index is 0.0207. The number of hydrogen-bond donors (Lipinski definition) is 2. The number of rotatable bonds is 6. The van der Waals surface area contributed by atoms with Crippen molar-refractivity contribution in [3.8, 4) is 0 Å². The number of hydrogen-bond acceptors (Lipinski definition) is 5. The zero-order chi connectivity index (χ0) is 15.5. The molecular formula is C11H16N2O6S. The molecule has 1 aromatic heterocycles. The van der Waals surface area contributed by atoms with Crippen molar-refractivity contribution in [2.24, 2.45) is 0 Å². The average Bonchev–Trinajstić information content (AvgIpc) is 2.77. The van der Waals surface area contributed by atoms with E-state index in [-0.39, 0.29) is 29.4 Å². The van der Waals surface area contributed by atoms with E-state index in [0.29, 0.717) is 0 Å². The lowest BCUT2D eigenvalue weighted by Gasteiger charge is -2.15. The van der Waals surface area contributed by atoms with Crippen LogP contribution in [0, 0.1) is 6.92 Å². The molecule has 1 rings (SSSR count). The molecule has 0 saturated carbocycles. The topological polar surface area (TPSA) is 117 Å². The lowest BCUT2D eigenvalue weighted by molar-refractivity contribution is -0.137. The summed E-state index contributed by atoms with van der Waals surface area (Å²) in [6.45, 7) is 1.49. The van der Waals surface area contributed by atoms with E-state index in [1.54, 1.807) is 0 Å². The van der Waals surface area contributed by atoms with Crippen LogP contribution in [0.3, 0.4) is 0 Å². The van der Waals surface area contributed by atoms with E-state index in [9.17, 15) is 18.0 Å². The molecule has 1 heterocycles. The van der Waals surface area contributed by atoms with Crippen molar-refractivity contribution in [1.29, 1.82) is 0 Å². The fraction of sp³-hybridized carbons (Fsp3) is 0.455. The fourth-order valence-electron chi connectivity index (χ4n) is 1.47. The van der Waals surface area contributed by atoms with Gasteiger partial charge in [0.25, 0.3) is 15.9 Å². The van der Waals surface area contributed by atoms with Crippen molar-refractivity contribution in [3.63, 3.8) is 0 Å². The summed E-state index contributed by atoms with van der Waals surface area (Å²) in [4.78, 5) is 23.7. The highest BCUT2D eigenvalue weighted by Gasteiger charge is 2.24. The highest BCUT2D eigenvalue weighted by molar-refractivity contribution is 7.89. The predicted octanol–water partition coefficient (Wildman–Crippen LogP) is 0.0428. The zero-order valence-electron chi connectivity index (χ0n) is 11.3. The monoisotopic (exact) mass is 304 g/mol. The average molecular weight is 304 g/mol. The second-order valence-corrected chi connectivity index (χ2v) is 5.93. The molecule has 0 saturated heterocycles. The molecule has 0 bridgehead atoms. The number of carboxylic acid groups (broad SMARTS) is 1. The van der Waals surface area contributed by atoms with Crippen LogP contribution in [0.25, 0.3) is 0 Å². The number of nitrogens with zero attached hydrogens (tertiary/aromatic N) is 1. The summed E-state index contributed by atoms with van der Waals surface area (Å²) >= 11 is 0. The molecule has 20 heavy (non-hydrogen) atoms. The van der Waals surface area contributed by atoms with Gasteiger partial charge in [-0.2, -0.15) is 0 Å². The first-order valence-electron chi connectivity index (χ1n) is 5.70. The normalized spacial score (nSPS) is 11.3. The predicted molar refractivity (Wildman–Crippen MR) is 68.9 cm³/mol. The molecule has 2 N–H and O–H groups in total. The van der Waals surface area contributed by atoms with Crippen molar-refractivity contribution >= 4 is 21.9 Å². The van der Waals surface area contributed by atoms with Gasteiger partial charge in [0.2, 0.25) is 5.09 Å². The number of carboxylic acids is 1. The Bertz CT molecular complexity index is 619. The van der Waals surface area contributed by atoms with Crippen molar-refractivity contribution < 1.29 is 27.5 Å². The van der Waals surface area contributed by atoms with Crippen LogP contribution in [0.15, 0.2) is 15.6 Å². The molecule has 8 nitrogen and oxygen atoms in total. The molecule has 1 aromatic rings. The van der Waals surface area contributed by atoms with Gasteiger partial charge in [0.15, 0.2) is 0 Å². The van der Waals surface area contributed by atoms with E-state index in [0.717, 1.165) is 6.07 Å². The number of carbonyl (C=O) groups excluding carboxylic acids is 1. The number of sulfonamides is 1. The van der Waals surface area contributed by atoms with Crippen LogP contribution in [0.5, 0.6) is 0 Å². The Labute approximate surface area is 116 Å². The highest BCUT2D eigenvalue weighted by Crippen LogP contribution is 2.20. The van der Waals surface area contributed by atoms with Gasteiger partial charge in [0, 0.05) is 19.7 Å². The summed E-state index contributed by atoms with van der Waals surface area (Å²) in [5.74, 6) is -1.36. The van der Waals surface area contributed by atoms with Crippen LogP contribution in [0.4, 0.5) is 0 Å². The Morgan fingerprint density at radius 3 is 2.55 bits per heavy atom. The van der Waals surface area contributed by atoms with E-state index in [4.69, 9.17) is 9.52 Å². The summed E-state index contributed by atoms with van der Waals surface area (Å²) in [6.07, 6.45) is -0.194.